The highest BCUT2D eigenvalue weighted by Gasteiger charge is 2.43. The quantitative estimate of drug-likeness (QED) is 0.431. The van der Waals surface area contributed by atoms with Gasteiger partial charge < -0.3 is 15.8 Å². The average molecular weight is 409 g/mol. The summed E-state index contributed by atoms with van der Waals surface area (Å²) in [5.74, 6) is 0.0122. The molecule has 0 atom stereocenters. The van der Waals surface area contributed by atoms with Crippen molar-refractivity contribution in [2.24, 2.45) is 0 Å². The Kier molecular flexibility index (Phi) is 4.25. The molecule has 6 nitrogen and oxygen atoms in total. The van der Waals surface area contributed by atoms with Crippen LogP contribution < -0.4 is 11.1 Å². The molecule has 2 aromatic heterocycles. The van der Waals surface area contributed by atoms with Crippen LogP contribution in [0.5, 0.6) is 0 Å². The van der Waals surface area contributed by atoms with Gasteiger partial charge in [0.2, 0.25) is 0 Å². The SMILES string of the molecule is COCC1(Nc2nc3ccc(-c4c(N)n[nH]c4-c4ccccc4F)cc3s2)CC1. The molecule has 1 fully saturated rings. The number of nitrogens with two attached hydrogens (primary N) is 1. The first-order valence-corrected chi connectivity index (χ1v) is 10.2. The summed E-state index contributed by atoms with van der Waals surface area (Å²) < 4.78 is 20.7. The minimum atomic E-state index is -0.323. The first-order valence-electron chi connectivity index (χ1n) is 9.35. The summed E-state index contributed by atoms with van der Waals surface area (Å²) in [7, 11) is 1.72. The Morgan fingerprint density at radius 1 is 1.28 bits per heavy atom. The molecule has 4 N–H and O–H groups in total. The molecule has 0 unspecified atom stereocenters. The number of H-pyrrole nitrogens is 1. The number of fused-ring (bicyclic) bond motifs is 1. The highest BCUT2D eigenvalue weighted by atomic mass is 32.1. The molecule has 0 saturated heterocycles. The van der Waals surface area contributed by atoms with Crippen LogP contribution in [0.2, 0.25) is 0 Å². The van der Waals surface area contributed by atoms with Gasteiger partial charge in [0.15, 0.2) is 10.9 Å². The first kappa shape index (κ1) is 18.1. The third-order valence-corrected chi connectivity index (χ3v) is 6.19. The molecule has 0 amide bonds. The van der Waals surface area contributed by atoms with Crippen LogP contribution in [0.3, 0.4) is 0 Å². The Labute approximate surface area is 170 Å². The van der Waals surface area contributed by atoms with Crippen molar-refractivity contribution >= 4 is 32.5 Å². The lowest BCUT2D eigenvalue weighted by atomic mass is 10.0. The summed E-state index contributed by atoms with van der Waals surface area (Å²) in [6.45, 7) is 0.672. The Hall–Kier alpha value is -2.97. The van der Waals surface area contributed by atoms with Crippen LogP contribution in [0.15, 0.2) is 42.5 Å². The van der Waals surface area contributed by atoms with E-state index in [1.54, 1.807) is 36.6 Å². The number of halogens is 1. The zero-order valence-electron chi connectivity index (χ0n) is 15.8. The van der Waals surface area contributed by atoms with Crippen LogP contribution in [-0.4, -0.2) is 34.4 Å². The highest BCUT2D eigenvalue weighted by Crippen LogP contribution is 2.42. The molecule has 5 rings (SSSR count). The van der Waals surface area contributed by atoms with Crippen LogP contribution >= 0.6 is 11.3 Å². The first-order chi connectivity index (χ1) is 14.1. The zero-order chi connectivity index (χ0) is 20.0. The van der Waals surface area contributed by atoms with Crippen molar-refractivity contribution in [2.45, 2.75) is 18.4 Å². The second kappa shape index (κ2) is 6.82. The number of thiazole rings is 1. The molecule has 148 valence electrons. The van der Waals surface area contributed by atoms with E-state index >= 15 is 0 Å². The molecule has 29 heavy (non-hydrogen) atoms. The van der Waals surface area contributed by atoms with Crippen molar-refractivity contribution in [1.82, 2.24) is 15.2 Å². The van der Waals surface area contributed by atoms with Gasteiger partial charge >= 0.3 is 0 Å². The van der Waals surface area contributed by atoms with Gasteiger partial charge in [0.05, 0.1) is 33.6 Å². The predicted octanol–water partition coefficient (Wildman–Crippen LogP) is 4.67. The van der Waals surface area contributed by atoms with E-state index in [0.29, 0.717) is 29.2 Å². The fourth-order valence-electron chi connectivity index (χ4n) is 3.60. The summed E-state index contributed by atoms with van der Waals surface area (Å²) in [6, 6.07) is 12.5. The minimum absolute atomic E-state index is 0.0123. The zero-order valence-corrected chi connectivity index (χ0v) is 16.6. The Morgan fingerprint density at radius 2 is 2.10 bits per heavy atom. The van der Waals surface area contributed by atoms with Gasteiger partial charge in [-0.15, -0.1) is 0 Å². The molecule has 4 aromatic rings. The maximum atomic E-state index is 14.3. The lowest BCUT2D eigenvalue weighted by molar-refractivity contribution is 0.179. The average Bonchev–Trinajstić information content (AvgIpc) is 3.17. The lowest BCUT2D eigenvalue weighted by Gasteiger charge is -2.14. The second-order valence-electron chi connectivity index (χ2n) is 7.38. The lowest BCUT2D eigenvalue weighted by Crippen LogP contribution is -2.26. The molecule has 0 spiro atoms. The van der Waals surface area contributed by atoms with E-state index in [0.717, 1.165) is 33.8 Å². The summed E-state index contributed by atoms with van der Waals surface area (Å²) in [5.41, 5.74) is 9.62. The Balaban J connectivity index is 1.53. The van der Waals surface area contributed by atoms with E-state index in [4.69, 9.17) is 15.5 Å². The van der Waals surface area contributed by atoms with Crippen molar-refractivity contribution < 1.29 is 9.13 Å². The summed E-state index contributed by atoms with van der Waals surface area (Å²) in [5, 5.41) is 11.4. The molecule has 8 heteroatoms. The number of hydrogen-bond acceptors (Lipinski definition) is 6. The third-order valence-electron chi connectivity index (χ3n) is 5.26. The molecule has 0 bridgehead atoms. The maximum absolute atomic E-state index is 14.3. The maximum Gasteiger partial charge on any atom is 0.184 e. The second-order valence-corrected chi connectivity index (χ2v) is 8.41. The molecular formula is C21H20FN5OS. The van der Waals surface area contributed by atoms with Crippen molar-refractivity contribution in [3.8, 4) is 22.4 Å². The Morgan fingerprint density at radius 3 is 2.86 bits per heavy atom. The van der Waals surface area contributed by atoms with E-state index in [9.17, 15) is 4.39 Å². The molecule has 0 aliphatic heterocycles. The van der Waals surface area contributed by atoms with Crippen LogP contribution in [0.1, 0.15) is 12.8 Å². The van der Waals surface area contributed by atoms with Gasteiger partial charge in [0.25, 0.3) is 0 Å². The molecule has 1 aliphatic carbocycles. The number of hydrogen-bond donors (Lipinski definition) is 3. The van der Waals surface area contributed by atoms with Crippen molar-refractivity contribution in [1.29, 1.82) is 0 Å². The minimum Gasteiger partial charge on any atom is -0.382 e. The fourth-order valence-corrected chi connectivity index (χ4v) is 4.62. The number of benzene rings is 2. The number of ether oxygens (including phenoxy) is 1. The van der Waals surface area contributed by atoms with Gasteiger partial charge in [-0.05, 0) is 42.7 Å². The largest absolute Gasteiger partial charge is 0.382 e. The molecule has 1 aliphatic rings. The molecular weight excluding hydrogens is 389 g/mol. The highest BCUT2D eigenvalue weighted by molar-refractivity contribution is 7.22. The van der Waals surface area contributed by atoms with Crippen molar-refractivity contribution in [3.63, 3.8) is 0 Å². The molecule has 1 saturated carbocycles. The summed E-state index contributed by atoms with van der Waals surface area (Å²) in [6.07, 6.45) is 2.17. The van der Waals surface area contributed by atoms with E-state index in [-0.39, 0.29) is 11.4 Å². The van der Waals surface area contributed by atoms with Crippen molar-refractivity contribution in [3.05, 3.63) is 48.3 Å². The monoisotopic (exact) mass is 409 g/mol. The smallest absolute Gasteiger partial charge is 0.184 e. The fraction of sp³-hybridized carbons (Fsp3) is 0.238. The number of methoxy groups -OCH3 is 1. The normalized spacial score (nSPS) is 15.0. The topological polar surface area (TPSA) is 88.8 Å². The molecule has 0 radical (unpaired) electrons. The number of aromatic amines is 1. The van der Waals surface area contributed by atoms with E-state index in [1.165, 1.54) is 6.07 Å². The van der Waals surface area contributed by atoms with Crippen LogP contribution in [0, 0.1) is 5.82 Å². The van der Waals surface area contributed by atoms with Gasteiger partial charge in [0, 0.05) is 12.7 Å². The number of nitrogens with zero attached hydrogens (tertiary/aromatic N) is 2. The third kappa shape index (κ3) is 3.24. The van der Waals surface area contributed by atoms with Gasteiger partial charge in [-0.25, -0.2) is 9.37 Å². The molecule has 2 aromatic carbocycles. The number of rotatable bonds is 6. The number of nitrogen functional groups attached to an aromatic ring is 1. The molecule has 2 heterocycles. The van der Waals surface area contributed by atoms with Gasteiger partial charge in [-0.1, -0.05) is 29.5 Å². The standard InChI is InChI=1S/C21H20FN5OS/c1-28-11-21(8-9-21)25-20-24-15-7-6-12(10-16(15)29-20)17-18(26-27-19(17)23)13-4-2-3-5-14(13)22/h2-7,10H,8-9,11H2,1H3,(H,24,25)(H3,23,26,27). The summed E-state index contributed by atoms with van der Waals surface area (Å²) in [4.78, 5) is 4.70. The van der Waals surface area contributed by atoms with Gasteiger partial charge in [-0.3, -0.25) is 5.10 Å². The number of anilines is 2. The van der Waals surface area contributed by atoms with E-state index in [2.05, 4.69) is 15.5 Å². The predicted molar refractivity (Wildman–Crippen MR) is 114 cm³/mol. The van der Waals surface area contributed by atoms with Gasteiger partial charge in [-0.2, -0.15) is 5.10 Å². The van der Waals surface area contributed by atoms with Crippen LogP contribution in [0.4, 0.5) is 15.3 Å². The number of aromatic nitrogens is 3. The van der Waals surface area contributed by atoms with Crippen LogP contribution in [-0.2, 0) is 4.74 Å². The van der Waals surface area contributed by atoms with E-state index in [1.807, 2.05) is 18.2 Å². The van der Waals surface area contributed by atoms with Crippen molar-refractivity contribution in [2.75, 3.05) is 24.8 Å². The Bertz CT molecular complexity index is 1200. The van der Waals surface area contributed by atoms with E-state index < -0.39 is 0 Å². The van der Waals surface area contributed by atoms with Gasteiger partial charge in [0.1, 0.15) is 5.82 Å². The number of nitrogens with one attached hydrogen (secondary N) is 2. The van der Waals surface area contributed by atoms with Crippen LogP contribution in [0.25, 0.3) is 32.6 Å². The summed E-state index contributed by atoms with van der Waals surface area (Å²) >= 11 is 1.59.